The number of pyridine rings is 1. The Morgan fingerprint density at radius 2 is 2.19 bits per heavy atom. The van der Waals surface area contributed by atoms with Crippen molar-refractivity contribution in [2.75, 3.05) is 13.7 Å². The molecule has 1 heterocycles. The fraction of sp³-hybridized carbons (Fsp3) is 0.381. The van der Waals surface area contributed by atoms with E-state index in [0.717, 1.165) is 52.7 Å². The SMILES string of the molecule is CCOC(=O)C=C1CCCC[C@]1(C(=S)NC)c1cnc2ccccc2c1. The first-order valence-corrected chi connectivity index (χ1v) is 9.48. The van der Waals surface area contributed by atoms with Crippen LogP contribution in [0.4, 0.5) is 0 Å². The Labute approximate surface area is 159 Å². The van der Waals surface area contributed by atoms with E-state index in [4.69, 9.17) is 17.0 Å². The molecule has 1 aliphatic carbocycles. The highest BCUT2D eigenvalue weighted by Gasteiger charge is 2.42. The van der Waals surface area contributed by atoms with Crippen molar-refractivity contribution in [1.82, 2.24) is 10.3 Å². The molecule has 1 aliphatic rings. The number of rotatable bonds is 4. The minimum absolute atomic E-state index is 0.304. The fourth-order valence-electron chi connectivity index (χ4n) is 3.84. The maximum atomic E-state index is 12.2. The molecule has 1 aromatic heterocycles. The Bertz CT molecular complexity index is 862. The summed E-state index contributed by atoms with van der Waals surface area (Å²) in [5.41, 5.74) is 2.49. The second-order valence-corrected chi connectivity index (χ2v) is 6.94. The van der Waals surface area contributed by atoms with E-state index in [1.807, 2.05) is 38.4 Å². The number of carbonyl (C=O) groups excluding carboxylic acids is 1. The summed E-state index contributed by atoms with van der Waals surface area (Å²) in [5, 5.41) is 4.24. The zero-order valence-electron chi connectivity index (χ0n) is 15.2. The highest BCUT2D eigenvalue weighted by molar-refractivity contribution is 7.80. The van der Waals surface area contributed by atoms with Gasteiger partial charge in [0.25, 0.3) is 0 Å². The minimum atomic E-state index is -0.508. The zero-order valence-corrected chi connectivity index (χ0v) is 16.1. The number of aromatic nitrogens is 1. The third-order valence-corrected chi connectivity index (χ3v) is 5.63. The van der Waals surface area contributed by atoms with E-state index >= 15 is 0 Å². The van der Waals surface area contributed by atoms with Crippen LogP contribution in [0.2, 0.25) is 0 Å². The maximum Gasteiger partial charge on any atom is 0.330 e. The van der Waals surface area contributed by atoms with E-state index < -0.39 is 5.41 Å². The van der Waals surface area contributed by atoms with Crippen molar-refractivity contribution in [2.45, 2.75) is 38.0 Å². The van der Waals surface area contributed by atoms with Crippen LogP contribution in [0.3, 0.4) is 0 Å². The number of fused-ring (bicyclic) bond motifs is 1. The quantitative estimate of drug-likeness (QED) is 0.501. The van der Waals surface area contributed by atoms with Gasteiger partial charge in [-0.25, -0.2) is 4.79 Å². The monoisotopic (exact) mass is 368 g/mol. The molecule has 1 atom stereocenters. The molecule has 0 amide bonds. The lowest BCUT2D eigenvalue weighted by atomic mass is 9.66. The molecule has 0 spiro atoms. The number of benzene rings is 1. The van der Waals surface area contributed by atoms with Crippen LogP contribution in [-0.2, 0) is 14.9 Å². The normalized spacial score (nSPS) is 21.5. The topological polar surface area (TPSA) is 51.2 Å². The van der Waals surface area contributed by atoms with Crippen LogP contribution in [-0.4, -0.2) is 29.6 Å². The van der Waals surface area contributed by atoms with Gasteiger partial charge in [-0.05, 0) is 49.5 Å². The summed E-state index contributed by atoms with van der Waals surface area (Å²) >= 11 is 5.75. The fourth-order valence-corrected chi connectivity index (χ4v) is 4.19. The highest BCUT2D eigenvalue weighted by Crippen LogP contribution is 2.44. The van der Waals surface area contributed by atoms with Gasteiger partial charge in [0, 0.05) is 24.7 Å². The molecule has 3 rings (SSSR count). The molecule has 1 aromatic carbocycles. The van der Waals surface area contributed by atoms with Crippen molar-refractivity contribution in [3.8, 4) is 0 Å². The first kappa shape index (κ1) is 18.5. The number of hydrogen-bond acceptors (Lipinski definition) is 4. The second-order valence-electron chi connectivity index (χ2n) is 6.53. The van der Waals surface area contributed by atoms with E-state index in [-0.39, 0.29) is 5.97 Å². The van der Waals surface area contributed by atoms with E-state index in [9.17, 15) is 4.79 Å². The number of hydrogen-bond donors (Lipinski definition) is 1. The molecule has 4 nitrogen and oxygen atoms in total. The predicted octanol–water partition coefficient (Wildman–Crippen LogP) is 4.08. The molecule has 0 unspecified atom stereocenters. The number of thiocarbonyl (C=S) groups is 1. The van der Waals surface area contributed by atoms with Gasteiger partial charge < -0.3 is 10.1 Å². The van der Waals surface area contributed by atoms with Gasteiger partial charge >= 0.3 is 5.97 Å². The summed E-state index contributed by atoms with van der Waals surface area (Å²) in [6.45, 7) is 2.18. The van der Waals surface area contributed by atoms with Gasteiger partial charge in [-0.3, -0.25) is 4.98 Å². The first-order valence-electron chi connectivity index (χ1n) is 9.07. The Kier molecular flexibility index (Phi) is 5.67. The molecule has 1 N–H and O–H groups in total. The van der Waals surface area contributed by atoms with Crippen LogP contribution in [0, 0.1) is 0 Å². The minimum Gasteiger partial charge on any atom is -0.463 e. The van der Waals surface area contributed by atoms with Gasteiger partial charge in [-0.15, -0.1) is 0 Å². The van der Waals surface area contributed by atoms with Crippen LogP contribution in [0.1, 0.15) is 38.2 Å². The molecule has 5 heteroatoms. The Balaban J connectivity index is 2.17. The molecule has 2 aromatic rings. The molecule has 26 heavy (non-hydrogen) atoms. The third kappa shape index (κ3) is 3.36. The number of nitrogens with one attached hydrogen (secondary N) is 1. The van der Waals surface area contributed by atoms with E-state index in [0.29, 0.717) is 6.61 Å². The molecular formula is C21H24N2O2S. The Morgan fingerprint density at radius 1 is 1.38 bits per heavy atom. The largest absolute Gasteiger partial charge is 0.463 e. The number of ether oxygens (including phenoxy) is 1. The molecule has 0 bridgehead atoms. The lowest BCUT2D eigenvalue weighted by molar-refractivity contribution is -0.137. The predicted molar refractivity (Wildman–Crippen MR) is 108 cm³/mol. The number of nitrogens with zero attached hydrogens (tertiary/aromatic N) is 1. The molecule has 136 valence electrons. The van der Waals surface area contributed by atoms with E-state index in [1.165, 1.54) is 0 Å². The molecule has 0 aliphatic heterocycles. The van der Waals surface area contributed by atoms with Gasteiger partial charge in [0.2, 0.25) is 0 Å². The Morgan fingerprint density at radius 3 is 2.96 bits per heavy atom. The first-order chi connectivity index (χ1) is 12.6. The van der Waals surface area contributed by atoms with Crippen molar-refractivity contribution in [2.24, 2.45) is 0 Å². The maximum absolute atomic E-state index is 12.2. The summed E-state index contributed by atoms with van der Waals surface area (Å²) in [4.78, 5) is 17.5. The summed E-state index contributed by atoms with van der Waals surface area (Å²) < 4.78 is 5.16. The molecule has 1 saturated carbocycles. The van der Waals surface area contributed by atoms with Gasteiger partial charge in [0.1, 0.15) is 0 Å². The number of likely N-dealkylation sites (N-methyl/N-ethyl adjacent to an activating group) is 1. The van der Waals surface area contributed by atoms with Crippen LogP contribution in [0.5, 0.6) is 0 Å². The van der Waals surface area contributed by atoms with Crippen molar-refractivity contribution >= 4 is 34.1 Å². The molecular weight excluding hydrogens is 344 g/mol. The lowest BCUT2D eigenvalue weighted by Crippen LogP contribution is -2.45. The van der Waals surface area contributed by atoms with Gasteiger partial charge in [-0.1, -0.05) is 36.8 Å². The van der Waals surface area contributed by atoms with Gasteiger partial charge in [0.15, 0.2) is 0 Å². The zero-order chi connectivity index (χ0) is 18.6. The van der Waals surface area contributed by atoms with Crippen LogP contribution >= 0.6 is 12.2 Å². The average Bonchev–Trinajstić information content (AvgIpc) is 2.67. The van der Waals surface area contributed by atoms with Gasteiger partial charge in [-0.2, -0.15) is 0 Å². The summed E-state index contributed by atoms with van der Waals surface area (Å²) in [5.74, 6) is -0.304. The van der Waals surface area contributed by atoms with E-state index in [2.05, 4.69) is 22.4 Å². The van der Waals surface area contributed by atoms with Crippen LogP contribution in [0.25, 0.3) is 10.9 Å². The summed E-state index contributed by atoms with van der Waals surface area (Å²) in [7, 11) is 1.84. The van der Waals surface area contributed by atoms with E-state index in [1.54, 1.807) is 6.08 Å². The summed E-state index contributed by atoms with van der Waals surface area (Å²) in [6.07, 6.45) is 7.32. The van der Waals surface area contributed by atoms with Gasteiger partial charge in [0.05, 0.1) is 22.5 Å². The average molecular weight is 369 g/mol. The number of para-hydroxylation sites is 1. The van der Waals surface area contributed by atoms with Crippen molar-refractivity contribution in [3.05, 3.63) is 53.7 Å². The van der Waals surface area contributed by atoms with Crippen LogP contribution < -0.4 is 5.32 Å². The van der Waals surface area contributed by atoms with Crippen LogP contribution in [0.15, 0.2) is 48.2 Å². The second kappa shape index (κ2) is 7.96. The molecule has 0 saturated heterocycles. The van der Waals surface area contributed by atoms with Crippen molar-refractivity contribution in [1.29, 1.82) is 0 Å². The molecule has 0 radical (unpaired) electrons. The van der Waals surface area contributed by atoms with Crippen molar-refractivity contribution in [3.63, 3.8) is 0 Å². The van der Waals surface area contributed by atoms with Crippen molar-refractivity contribution < 1.29 is 9.53 Å². The number of esters is 1. The standard InChI is InChI=1S/C21H24N2O2S/c1-3-25-19(24)13-16-9-6-7-11-21(16,20(26)22-2)17-12-15-8-4-5-10-18(15)23-14-17/h4-5,8,10,12-14H,3,6-7,9,11H2,1-2H3,(H,22,26)/t21-/m1/s1. The smallest absolute Gasteiger partial charge is 0.330 e. The Hall–Kier alpha value is -2.27. The highest BCUT2D eigenvalue weighted by atomic mass is 32.1. The third-order valence-electron chi connectivity index (χ3n) is 5.07. The molecule has 1 fully saturated rings. The summed E-state index contributed by atoms with van der Waals surface area (Å²) in [6, 6.07) is 10.2. The lowest BCUT2D eigenvalue weighted by Gasteiger charge is -2.40. The number of carbonyl (C=O) groups is 1.